The summed E-state index contributed by atoms with van der Waals surface area (Å²) in [6, 6.07) is 7.06. The lowest BCUT2D eigenvalue weighted by atomic mass is 10.1. The molecular weight excluding hydrogens is 320 g/mol. The Bertz CT molecular complexity index is 477. The molecule has 1 rings (SSSR count). The number of amides is 1. The first kappa shape index (κ1) is 21.5. The predicted octanol–water partition coefficient (Wildman–Crippen LogP) is 1.36. The van der Waals surface area contributed by atoms with Crippen molar-refractivity contribution in [3.63, 3.8) is 0 Å². The Hall–Kier alpha value is -1.50. The van der Waals surface area contributed by atoms with Crippen molar-refractivity contribution in [3.8, 4) is 11.5 Å². The van der Waals surface area contributed by atoms with Gasteiger partial charge in [0, 0.05) is 19.1 Å². The van der Waals surface area contributed by atoms with Crippen molar-refractivity contribution >= 4 is 18.3 Å². The van der Waals surface area contributed by atoms with Crippen molar-refractivity contribution in [1.82, 2.24) is 10.6 Å². The van der Waals surface area contributed by atoms with E-state index in [1.807, 2.05) is 26.8 Å². The van der Waals surface area contributed by atoms with Gasteiger partial charge in [-0.2, -0.15) is 0 Å². The van der Waals surface area contributed by atoms with E-state index >= 15 is 0 Å². The van der Waals surface area contributed by atoms with Crippen molar-refractivity contribution in [2.24, 2.45) is 0 Å². The zero-order chi connectivity index (χ0) is 16.6. The second-order valence-corrected chi connectivity index (χ2v) is 6.00. The van der Waals surface area contributed by atoms with Crippen LogP contribution in [0.2, 0.25) is 0 Å². The van der Waals surface area contributed by atoms with Crippen molar-refractivity contribution in [3.05, 3.63) is 24.3 Å². The number of β-amino-alcohol motifs (C(OH)–C–C–N with tert-alkyl or cyclic N) is 1. The zero-order valence-corrected chi connectivity index (χ0v) is 14.9. The highest BCUT2D eigenvalue weighted by molar-refractivity contribution is 5.85. The van der Waals surface area contributed by atoms with Crippen LogP contribution in [0, 0.1) is 0 Å². The number of para-hydroxylation sites is 2. The molecule has 0 bridgehead atoms. The van der Waals surface area contributed by atoms with Crippen LogP contribution in [0.5, 0.6) is 11.5 Å². The molecule has 0 fully saturated rings. The fraction of sp³-hybridized carbons (Fsp3) is 0.562. The number of likely N-dealkylation sites (N-methyl/N-ethyl adjacent to an activating group) is 1. The van der Waals surface area contributed by atoms with Crippen molar-refractivity contribution in [1.29, 1.82) is 0 Å². The maximum atomic E-state index is 11.2. The van der Waals surface area contributed by atoms with E-state index in [2.05, 4.69) is 10.6 Å². The van der Waals surface area contributed by atoms with Gasteiger partial charge in [-0.25, -0.2) is 0 Å². The number of benzene rings is 1. The second kappa shape index (κ2) is 10.3. The van der Waals surface area contributed by atoms with Gasteiger partial charge in [-0.15, -0.1) is 12.4 Å². The van der Waals surface area contributed by atoms with Gasteiger partial charge in [-0.3, -0.25) is 4.79 Å². The fourth-order valence-corrected chi connectivity index (χ4v) is 1.57. The van der Waals surface area contributed by atoms with Crippen LogP contribution in [0.25, 0.3) is 0 Å². The number of carbonyl (C=O) groups excluding carboxylic acids is 1. The highest BCUT2D eigenvalue weighted by Gasteiger charge is 2.14. The second-order valence-electron chi connectivity index (χ2n) is 6.00. The molecule has 7 heteroatoms. The van der Waals surface area contributed by atoms with Gasteiger partial charge in [0.1, 0.15) is 12.7 Å². The maximum absolute atomic E-state index is 11.2. The Morgan fingerprint density at radius 2 is 1.78 bits per heavy atom. The lowest BCUT2D eigenvalue weighted by molar-refractivity contribution is -0.122. The summed E-state index contributed by atoms with van der Waals surface area (Å²) in [6.07, 6.45) is -0.633. The Balaban J connectivity index is 0.00000484. The average Bonchev–Trinajstić information content (AvgIpc) is 2.48. The van der Waals surface area contributed by atoms with Gasteiger partial charge in [0.15, 0.2) is 18.1 Å². The molecule has 0 saturated heterocycles. The number of aliphatic hydroxyl groups excluding tert-OH is 1. The first-order valence-corrected chi connectivity index (χ1v) is 7.30. The standard InChI is InChI=1S/C16H26N2O4.ClH/c1-16(2,3)18-9-12(19)10-21-13-7-5-6-8-14(13)22-11-15(20)17-4;/h5-8,12,18-19H,9-11H2,1-4H3,(H,17,20);1H/t12-;/m0./s1. The number of halogens is 1. The van der Waals surface area contributed by atoms with Crippen LogP contribution >= 0.6 is 12.4 Å². The monoisotopic (exact) mass is 346 g/mol. The van der Waals surface area contributed by atoms with Gasteiger partial charge in [0.05, 0.1) is 0 Å². The zero-order valence-electron chi connectivity index (χ0n) is 14.1. The molecule has 0 radical (unpaired) electrons. The fourth-order valence-electron chi connectivity index (χ4n) is 1.57. The van der Waals surface area contributed by atoms with E-state index in [-0.39, 0.29) is 37.1 Å². The van der Waals surface area contributed by atoms with E-state index < -0.39 is 6.10 Å². The van der Waals surface area contributed by atoms with Gasteiger partial charge in [0.25, 0.3) is 5.91 Å². The van der Waals surface area contributed by atoms with Gasteiger partial charge >= 0.3 is 0 Å². The molecule has 6 nitrogen and oxygen atoms in total. The van der Waals surface area contributed by atoms with Crippen LogP contribution in [0.3, 0.4) is 0 Å². The SMILES string of the molecule is CNC(=O)COc1ccccc1OC[C@@H](O)CNC(C)(C)C.Cl. The molecule has 0 unspecified atom stereocenters. The van der Waals surface area contributed by atoms with E-state index in [1.165, 1.54) is 0 Å². The summed E-state index contributed by atoms with van der Waals surface area (Å²) in [4.78, 5) is 11.2. The minimum atomic E-state index is -0.633. The molecule has 3 N–H and O–H groups in total. The topological polar surface area (TPSA) is 79.8 Å². The van der Waals surface area contributed by atoms with Crippen LogP contribution < -0.4 is 20.1 Å². The van der Waals surface area contributed by atoms with Crippen molar-refractivity contribution < 1.29 is 19.4 Å². The van der Waals surface area contributed by atoms with Crippen molar-refractivity contribution in [2.45, 2.75) is 32.4 Å². The molecule has 1 aromatic carbocycles. The van der Waals surface area contributed by atoms with E-state index in [0.29, 0.717) is 18.0 Å². The molecule has 0 aliphatic carbocycles. The van der Waals surface area contributed by atoms with Crippen LogP contribution in [0.1, 0.15) is 20.8 Å². The predicted molar refractivity (Wildman–Crippen MR) is 92.5 cm³/mol. The number of hydrogen-bond donors (Lipinski definition) is 3. The number of carbonyl (C=O) groups is 1. The number of aliphatic hydroxyl groups is 1. The molecule has 0 spiro atoms. The average molecular weight is 347 g/mol. The van der Waals surface area contributed by atoms with Crippen LogP contribution in [-0.4, -0.2) is 49.5 Å². The Labute approximate surface area is 144 Å². The molecule has 0 aliphatic rings. The summed E-state index contributed by atoms with van der Waals surface area (Å²) in [5.41, 5.74) is -0.0600. The molecule has 1 aromatic rings. The molecule has 0 saturated carbocycles. The molecule has 23 heavy (non-hydrogen) atoms. The largest absolute Gasteiger partial charge is 0.487 e. The summed E-state index contributed by atoms with van der Waals surface area (Å²) in [6.45, 7) is 6.59. The van der Waals surface area contributed by atoms with Gasteiger partial charge in [-0.1, -0.05) is 12.1 Å². The molecule has 0 aliphatic heterocycles. The van der Waals surface area contributed by atoms with Crippen molar-refractivity contribution in [2.75, 3.05) is 26.8 Å². The van der Waals surface area contributed by atoms with Gasteiger partial charge in [-0.05, 0) is 32.9 Å². The third kappa shape index (κ3) is 9.28. The first-order valence-electron chi connectivity index (χ1n) is 7.30. The van der Waals surface area contributed by atoms with Crippen LogP contribution in [0.15, 0.2) is 24.3 Å². The summed E-state index contributed by atoms with van der Waals surface area (Å²) in [5, 5.41) is 15.6. The molecule has 0 heterocycles. The van der Waals surface area contributed by atoms with Crippen LogP contribution in [-0.2, 0) is 4.79 Å². The Kier molecular flexibility index (Phi) is 9.64. The van der Waals surface area contributed by atoms with E-state index in [0.717, 1.165) is 0 Å². The van der Waals surface area contributed by atoms with Gasteiger partial charge < -0.3 is 25.2 Å². The highest BCUT2D eigenvalue weighted by Crippen LogP contribution is 2.26. The summed E-state index contributed by atoms with van der Waals surface area (Å²) in [5.74, 6) is 0.757. The third-order valence-electron chi connectivity index (χ3n) is 2.79. The number of nitrogens with one attached hydrogen (secondary N) is 2. The summed E-state index contributed by atoms with van der Waals surface area (Å²) >= 11 is 0. The summed E-state index contributed by atoms with van der Waals surface area (Å²) in [7, 11) is 1.55. The molecule has 132 valence electrons. The Morgan fingerprint density at radius 1 is 1.22 bits per heavy atom. The normalized spacial score (nSPS) is 12.0. The number of hydrogen-bond acceptors (Lipinski definition) is 5. The highest BCUT2D eigenvalue weighted by atomic mass is 35.5. The summed E-state index contributed by atoms with van der Waals surface area (Å²) < 4.78 is 11.0. The molecule has 1 amide bonds. The van der Waals surface area contributed by atoms with E-state index in [9.17, 15) is 9.90 Å². The third-order valence-corrected chi connectivity index (χ3v) is 2.79. The minimum Gasteiger partial charge on any atom is -0.487 e. The lowest BCUT2D eigenvalue weighted by Gasteiger charge is -2.23. The van der Waals surface area contributed by atoms with Crippen LogP contribution in [0.4, 0.5) is 0 Å². The smallest absolute Gasteiger partial charge is 0.257 e. The first-order chi connectivity index (χ1) is 10.3. The Morgan fingerprint density at radius 3 is 2.30 bits per heavy atom. The molecule has 0 aromatic heterocycles. The van der Waals surface area contributed by atoms with E-state index in [4.69, 9.17) is 9.47 Å². The number of ether oxygens (including phenoxy) is 2. The maximum Gasteiger partial charge on any atom is 0.257 e. The number of rotatable bonds is 8. The van der Waals surface area contributed by atoms with E-state index in [1.54, 1.807) is 25.2 Å². The molecule has 1 atom stereocenters. The van der Waals surface area contributed by atoms with Gasteiger partial charge in [0.2, 0.25) is 0 Å². The molecular formula is C16H27ClN2O4. The minimum absolute atomic E-state index is 0. The lowest BCUT2D eigenvalue weighted by Crippen LogP contribution is -2.42. The quantitative estimate of drug-likeness (QED) is 0.662.